The molecule has 3 heterocycles. The number of carbonyl (C=O) groups is 1. The summed E-state index contributed by atoms with van der Waals surface area (Å²) in [6.45, 7) is 1.73. The molecule has 3 aliphatic rings. The third-order valence-electron chi connectivity index (χ3n) is 8.35. The van der Waals surface area contributed by atoms with Gasteiger partial charge < -0.3 is 9.80 Å². The lowest BCUT2D eigenvalue weighted by molar-refractivity contribution is -0.140. The number of piperidine rings is 1. The van der Waals surface area contributed by atoms with Gasteiger partial charge in [0.15, 0.2) is 11.6 Å². The first-order valence-electron chi connectivity index (χ1n) is 13.3. The number of hydrogen-bond donors (Lipinski definition) is 0. The van der Waals surface area contributed by atoms with E-state index in [1.165, 1.54) is 12.1 Å². The number of likely N-dealkylation sites (N-methyl/N-ethyl adjacent to an activating group) is 1. The van der Waals surface area contributed by atoms with Crippen molar-refractivity contribution in [3.8, 4) is 5.69 Å². The van der Waals surface area contributed by atoms with Crippen molar-refractivity contribution in [2.24, 2.45) is 0 Å². The number of hydrogen-bond acceptors (Lipinski definition) is 5. The molecule has 40 heavy (non-hydrogen) atoms. The molecular formula is C28H29ClF4N6O. The lowest BCUT2D eigenvalue weighted by Gasteiger charge is -2.34. The van der Waals surface area contributed by atoms with Gasteiger partial charge in [-0.15, -0.1) is 10.2 Å². The first kappa shape index (κ1) is 27.0. The number of alkyl halides is 3. The van der Waals surface area contributed by atoms with Gasteiger partial charge in [-0.2, -0.15) is 13.2 Å². The second kappa shape index (κ2) is 9.73. The van der Waals surface area contributed by atoms with E-state index in [-0.39, 0.29) is 17.5 Å². The Morgan fingerprint density at radius 2 is 1.77 bits per heavy atom. The fourth-order valence-electron chi connectivity index (χ4n) is 6.15. The molecular weight excluding hydrogens is 548 g/mol. The van der Waals surface area contributed by atoms with Crippen molar-refractivity contribution in [2.75, 3.05) is 32.1 Å². The van der Waals surface area contributed by atoms with Crippen LogP contribution in [0.3, 0.4) is 0 Å². The molecule has 0 radical (unpaired) electrons. The van der Waals surface area contributed by atoms with E-state index in [0.717, 1.165) is 41.8 Å². The molecule has 0 unspecified atom stereocenters. The Kier molecular flexibility index (Phi) is 6.57. The van der Waals surface area contributed by atoms with Gasteiger partial charge in [-0.1, -0.05) is 17.7 Å². The van der Waals surface area contributed by atoms with Crippen molar-refractivity contribution in [3.63, 3.8) is 0 Å². The van der Waals surface area contributed by atoms with Crippen LogP contribution in [0, 0.1) is 5.82 Å². The SMILES string of the molecule is CN(C)C(=O)C1(N2Cc3cc(Cl)ccc3-n3c(nnc3C3CCN(c4cccc(C(F)(F)F)c4F)CC3)C2)CC1. The van der Waals surface area contributed by atoms with Gasteiger partial charge in [0.05, 0.1) is 23.5 Å². The summed E-state index contributed by atoms with van der Waals surface area (Å²) in [5.41, 5.74) is 0.000189. The minimum absolute atomic E-state index is 0.0280. The second-order valence-electron chi connectivity index (χ2n) is 11.1. The van der Waals surface area contributed by atoms with Crippen molar-refractivity contribution < 1.29 is 22.4 Å². The quantitative estimate of drug-likeness (QED) is 0.389. The topological polar surface area (TPSA) is 57.5 Å². The summed E-state index contributed by atoms with van der Waals surface area (Å²) in [6.07, 6.45) is -2.07. The van der Waals surface area contributed by atoms with Crippen molar-refractivity contribution in [2.45, 2.75) is 56.4 Å². The average molecular weight is 577 g/mol. The lowest BCUT2D eigenvalue weighted by Crippen LogP contribution is -2.48. The van der Waals surface area contributed by atoms with Crippen LogP contribution in [0.25, 0.3) is 5.69 Å². The van der Waals surface area contributed by atoms with Gasteiger partial charge in [-0.25, -0.2) is 4.39 Å². The van der Waals surface area contributed by atoms with Gasteiger partial charge in [0.2, 0.25) is 5.91 Å². The lowest BCUT2D eigenvalue weighted by atomic mass is 9.95. The van der Waals surface area contributed by atoms with E-state index >= 15 is 0 Å². The largest absolute Gasteiger partial charge is 0.419 e. The van der Waals surface area contributed by atoms with Crippen LogP contribution < -0.4 is 4.90 Å². The van der Waals surface area contributed by atoms with E-state index in [9.17, 15) is 22.4 Å². The first-order chi connectivity index (χ1) is 19.0. The fraction of sp³-hybridized carbons (Fsp3) is 0.464. The van der Waals surface area contributed by atoms with Crippen LogP contribution in [0.5, 0.6) is 0 Å². The number of anilines is 1. The van der Waals surface area contributed by atoms with E-state index in [1.807, 2.05) is 22.8 Å². The standard InChI is InChI=1S/C28H29ClF4N6O/c1-36(2)26(40)27(10-11-27)38-15-18-14-19(29)6-7-21(18)39-23(16-38)34-35-25(39)17-8-12-37(13-9-17)22-5-3-4-20(24(22)30)28(31,32)33/h3-7,14,17H,8-13,15-16H2,1-2H3. The van der Waals surface area contributed by atoms with Crippen LogP contribution in [-0.4, -0.2) is 63.2 Å². The van der Waals surface area contributed by atoms with Crippen molar-refractivity contribution in [3.05, 3.63) is 70.0 Å². The highest BCUT2D eigenvalue weighted by Crippen LogP contribution is 2.46. The normalized spacial score (nSPS) is 19.1. The van der Waals surface area contributed by atoms with Gasteiger partial charge in [0.25, 0.3) is 0 Å². The molecule has 212 valence electrons. The summed E-state index contributed by atoms with van der Waals surface area (Å²) in [7, 11) is 3.53. The third kappa shape index (κ3) is 4.52. The molecule has 1 aromatic heterocycles. The van der Waals surface area contributed by atoms with Gasteiger partial charge in [-0.3, -0.25) is 14.3 Å². The van der Waals surface area contributed by atoms with Gasteiger partial charge in [0.1, 0.15) is 11.4 Å². The summed E-state index contributed by atoms with van der Waals surface area (Å²) in [6, 6.07) is 9.08. The minimum Gasteiger partial charge on any atom is -0.369 e. The number of fused-ring (bicyclic) bond motifs is 3. The molecule has 2 aliphatic heterocycles. The molecule has 2 aromatic carbocycles. The maximum absolute atomic E-state index is 14.8. The van der Waals surface area contributed by atoms with Crippen molar-refractivity contribution in [1.29, 1.82) is 0 Å². The van der Waals surface area contributed by atoms with E-state index in [4.69, 9.17) is 11.6 Å². The monoisotopic (exact) mass is 576 g/mol. The number of carbonyl (C=O) groups excluding carboxylic acids is 1. The second-order valence-corrected chi connectivity index (χ2v) is 11.5. The molecule has 0 spiro atoms. The highest BCUT2D eigenvalue weighted by Gasteiger charge is 2.56. The Labute approximate surface area is 234 Å². The summed E-state index contributed by atoms with van der Waals surface area (Å²) in [5, 5.41) is 9.73. The minimum atomic E-state index is -4.75. The molecule has 2 fully saturated rings. The van der Waals surface area contributed by atoms with Crippen LogP contribution in [0.4, 0.5) is 23.2 Å². The third-order valence-corrected chi connectivity index (χ3v) is 8.58. The van der Waals surface area contributed by atoms with Crippen LogP contribution in [0.2, 0.25) is 5.02 Å². The van der Waals surface area contributed by atoms with Crippen LogP contribution in [0.1, 0.15) is 54.4 Å². The van der Waals surface area contributed by atoms with E-state index < -0.39 is 23.1 Å². The van der Waals surface area contributed by atoms with Gasteiger partial charge in [0, 0.05) is 44.7 Å². The zero-order chi connectivity index (χ0) is 28.4. The molecule has 0 N–H and O–H groups in total. The molecule has 3 aromatic rings. The van der Waals surface area contributed by atoms with Crippen LogP contribution >= 0.6 is 11.6 Å². The highest BCUT2D eigenvalue weighted by molar-refractivity contribution is 6.30. The summed E-state index contributed by atoms with van der Waals surface area (Å²) in [4.78, 5) is 18.6. The van der Waals surface area contributed by atoms with E-state index in [0.29, 0.717) is 44.0 Å². The number of rotatable bonds is 4. The molecule has 1 aliphatic carbocycles. The number of benzene rings is 2. The molecule has 1 saturated carbocycles. The smallest absolute Gasteiger partial charge is 0.369 e. The number of nitrogens with zero attached hydrogens (tertiary/aromatic N) is 6. The number of aromatic nitrogens is 3. The Morgan fingerprint density at radius 1 is 1.05 bits per heavy atom. The predicted molar refractivity (Wildman–Crippen MR) is 142 cm³/mol. The van der Waals surface area contributed by atoms with Crippen LogP contribution in [0.15, 0.2) is 36.4 Å². The fourth-order valence-corrected chi connectivity index (χ4v) is 6.35. The predicted octanol–water partition coefficient (Wildman–Crippen LogP) is 5.40. The van der Waals surface area contributed by atoms with Crippen LogP contribution in [-0.2, 0) is 24.1 Å². The van der Waals surface area contributed by atoms with Gasteiger partial charge in [-0.05, 0) is 61.6 Å². The molecule has 1 saturated heterocycles. The zero-order valence-corrected chi connectivity index (χ0v) is 22.9. The first-order valence-corrected chi connectivity index (χ1v) is 13.7. The Bertz CT molecular complexity index is 1460. The van der Waals surface area contributed by atoms with E-state index in [2.05, 4.69) is 15.1 Å². The molecule has 0 atom stereocenters. The Balaban J connectivity index is 1.30. The molecule has 6 rings (SSSR count). The molecule has 1 amide bonds. The Morgan fingerprint density at radius 3 is 2.42 bits per heavy atom. The highest BCUT2D eigenvalue weighted by atomic mass is 35.5. The average Bonchev–Trinajstić information content (AvgIpc) is 3.65. The maximum atomic E-state index is 14.8. The Hall–Kier alpha value is -3.18. The van der Waals surface area contributed by atoms with Gasteiger partial charge >= 0.3 is 6.18 Å². The molecule has 7 nitrogen and oxygen atoms in total. The summed E-state index contributed by atoms with van der Waals surface area (Å²) < 4.78 is 56.6. The number of amides is 1. The summed E-state index contributed by atoms with van der Waals surface area (Å²) in [5.74, 6) is 0.281. The molecule has 12 heteroatoms. The van der Waals surface area contributed by atoms with E-state index in [1.54, 1.807) is 23.9 Å². The number of halogens is 5. The van der Waals surface area contributed by atoms with Crippen molar-refractivity contribution >= 4 is 23.2 Å². The van der Waals surface area contributed by atoms with Crippen molar-refractivity contribution in [1.82, 2.24) is 24.6 Å². The summed E-state index contributed by atoms with van der Waals surface area (Å²) >= 11 is 6.40. The molecule has 0 bridgehead atoms. The zero-order valence-electron chi connectivity index (χ0n) is 22.2. The maximum Gasteiger partial charge on any atom is 0.419 e.